The third-order valence-electron chi connectivity index (χ3n) is 7.81. The highest BCUT2D eigenvalue weighted by Gasteiger charge is 2.32. The number of aromatic carboxylic acids is 1. The Kier molecular flexibility index (Phi) is 8.26. The molecule has 12 heteroatoms. The Hall–Kier alpha value is -4.09. The molecule has 226 valence electrons. The third kappa shape index (κ3) is 6.11. The highest BCUT2D eigenvalue weighted by atomic mass is 35.5. The van der Waals surface area contributed by atoms with Crippen molar-refractivity contribution < 1.29 is 22.7 Å². The van der Waals surface area contributed by atoms with Gasteiger partial charge >= 0.3 is 5.97 Å². The Morgan fingerprint density at radius 2 is 1.48 bits per heavy atom. The second-order valence-corrected chi connectivity index (χ2v) is 13.4. The monoisotopic (exact) mass is 651 g/mol. The minimum Gasteiger partial charge on any atom is -0.475 e. The highest BCUT2D eigenvalue weighted by molar-refractivity contribution is 7.89. The molecule has 0 amide bonds. The summed E-state index contributed by atoms with van der Waals surface area (Å²) in [6.07, 6.45) is 0.940. The van der Waals surface area contributed by atoms with Gasteiger partial charge in [0.25, 0.3) is 10.0 Å². The summed E-state index contributed by atoms with van der Waals surface area (Å²) in [5.41, 5.74) is 4.13. The first-order valence-electron chi connectivity index (χ1n) is 13.9. The van der Waals surface area contributed by atoms with E-state index in [1.54, 1.807) is 0 Å². The number of rotatable bonds is 8. The Bertz CT molecular complexity index is 1950. The summed E-state index contributed by atoms with van der Waals surface area (Å²) in [6.45, 7) is 0.398. The zero-order chi connectivity index (χ0) is 31.0. The number of halogens is 2. The highest BCUT2D eigenvalue weighted by Crippen LogP contribution is 2.36. The van der Waals surface area contributed by atoms with Gasteiger partial charge in [-0.15, -0.1) is 0 Å². The first kappa shape index (κ1) is 30.0. The molecule has 0 unspecified atom stereocenters. The fraction of sp³-hybridized carbons (Fsp3) is 0.188. The predicted octanol–water partition coefficient (Wildman–Crippen LogP) is 6.57. The average molecular weight is 653 g/mol. The number of nitrogens with zero attached hydrogens (tertiary/aromatic N) is 1. The minimum atomic E-state index is -3.98. The van der Waals surface area contributed by atoms with E-state index in [0.29, 0.717) is 34.1 Å². The van der Waals surface area contributed by atoms with Crippen molar-refractivity contribution in [3.05, 3.63) is 128 Å². The fourth-order valence-corrected chi connectivity index (χ4v) is 7.25. The molecule has 0 radical (unpaired) electrons. The van der Waals surface area contributed by atoms with Gasteiger partial charge in [-0.3, -0.25) is 4.79 Å². The SMILES string of the molecule is O=C(O)c1ccc(S(=O)(=O)N2CCC(Nc3cc(=O)[nH]c4ccc(C(c5ccc(Cl)cc5)c5ccc(Cl)cc5)cc34)CC2)o1. The van der Waals surface area contributed by atoms with Crippen molar-refractivity contribution >= 4 is 55.8 Å². The maximum atomic E-state index is 13.0. The van der Waals surface area contributed by atoms with E-state index in [4.69, 9.17) is 32.7 Å². The topological polar surface area (TPSA) is 133 Å². The number of sulfonamides is 1. The molecular formula is C32H27Cl2N3O6S. The molecule has 1 aliphatic rings. The summed E-state index contributed by atoms with van der Waals surface area (Å²) in [5, 5.41) is 14.3. The predicted molar refractivity (Wildman–Crippen MR) is 169 cm³/mol. The van der Waals surface area contributed by atoms with E-state index in [-0.39, 0.29) is 30.6 Å². The number of anilines is 1. The summed E-state index contributed by atoms with van der Waals surface area (Å²) in [4.78, 5) is 26.6. The van der Waals surface area contributed by atoms with Crippen molar-refractivity contribution in [3.8, 4) is 0 Å². The molecule has 1 fully saturated rings. The number of nitrogens with one attached hydrogen (secondary N) is 2. The van der Waals surface area contributed by atoms with Crippen LogP contribution in [0.4, 0.5) is 5.69 Å². The fourth-order valence-electron chi connectivity index (χ4n) is 5.62. The maximum absolute atomic E-state index is 13.0. The van der Waals surface area contributed by atoms with Crippen LogP contribution in [0.2, 0.25) is 10.0 Å². The molecule has 44 heavy (non-hydrogen) atoms. The number of carboxylic acid groups (broad SMARTS) is 1. The third-order valence-corrected chi connectivity index (χ3v) is 10.1. The van der Waals surface area contributed by atoms with Crippen LogP contribution >= 0.6 is 23.2 Å². The number of pyridine rings is 1. The van der Waals surface area contributed by atoms with Gasteiger partial charge in [0, 0.05) is 52.2 Å². The molecule has 2 aromatic heterocycles. The van der Waals surface area contributed by atoms with E-state index in [1.807, 2.05) is 60.7 Å². The Labute approximate surface area is 263 Å². The van der Waals surface area contributed by atoms with Gasteiger partial charge in [-0.05, 0) is 78.1 Å². The van der Waals surface area contributed by atoms with E-state index in [1.165, 1.54) is 10.4 Å². The molecule has 0 bridgehead atoms. The number of piperidine rings is 1. The number of hydrogen-bond donors (Lipinski definition) is 3. The number of fused-ring (bicyclic) bond motifs is 1. The molecule has 0 aliphatic carbocycles. The van der Waals surface area contributed by atoms with Crippen molar-refractivity contribution in [1.82, 2.24) is 9.29 Å². The lowest BCUT2D eigenvalue weighted by Gasteiger charge is -2.31. The van der Waals surface area contributed by atoms with Gasteiger partial charge in [-0.2, -0.15) is 4.31 Å². The second kappa shape index (κ2) is 12.1. The zero-order valence-corrected chi connectivity index (χ0v) is 25.5. The molecule has 0 atom stereocenters. The standard InChI is InChI=1S/C32H27Cl2N3O6S/c33-22-6-1-19(2-7-22)31(20-3-8-23(34)9-4-20)21-5-10-26-25(17-21)27(18-29(38)36-26)35-24-13-15-37(16-14-24)44(41,42)30-12-11-28(43-30)32(39)40/h1-12,17-18,24,31H,13-16H2,(H,39,40)(H2,35,36,38). The molecule has 3 aromatic carbocycles. The lowest BCUT2D eigenvalue weighted by molar-refractivity contribution is 0.0656. The molecule has 0 saturated carbocycles. The normalized spacial score (nSPS) is 14.7. The largest absolute Gasteiger partial charge is 0.475 e. The molecule has 6 rings (SSSR count). The summed E-state index contributed by atoms with van der Waals surface area (Å²) in [7, 11) is -3.98. The summed E-state index contributed by atoms with van der Waals surface area (Å²) < 4.78 is 32.4. The van der Waals surface area contributed by atoms with Gasteiger partial charge < -0.3 is 19.8 Å². The van der Waals surface area contributed by atoms with Gasteiger partial charge in [0.05, 0.1) is 5.52 Å². The number of carboxylic acids is 1. The molecule has 1 saturated heterocycles. The number of benzene rings is 3. The number of aromatic amines is 1. The van der Waals surface area contributed by atoms with Crippen LogP contribution in [0.1, 0.15) is 46.0 Å². The van der Waals surface area contributed by atoms with Crippen LogP contribution in [0.25, 0.3) is 10.9 Å². The molecule has 9 nitrogen and oxygen atoms in total. The number of H-pyrrole nitrogens is 1. The molecule has 3 heterocycles. The van der Waals surface area contributed by atoms with Crippen molar-refractivity contribution in [1.29, 1.82) is 0 Å². The lowest BCUT2D eigenvalue weighted by Crippen LogP contribution is -2.42. The van der Waals surface area contributed by atoms with Gasteiger partial charge in [0.2, 0.25) is 16.4 Å². The van der Waals surface area contributed by atoms with Gasteiger partial charge in [-0.25, -0.2) is 13.2 Å². The number of furan rings is 1. The maximum Gasteiger partial charge on any atom is 0.371 e. The van der Waals surface area contributed by atoms with Crippen molar-refractivity contribution in [2.24, 2.45) is 0 Å². The van der Waals surface area contributed by atoms with Crippen LogP contribution in [-0.4, -0.2) is 47.9 Å². The van der Waals surface area contributed by atoms with Crippen LogP contribution < -0.4 is 10.9 Å². The van der Waals surface area contributed by atoms with E-state index in [2.05, 4.69) is 16.4 Å². The molecule has 0 spiro atoms. The Morgan fingerprint density at radius 1 is 0.886 bits per heavy atom. The quantitative estimate of drug-likeness (QED) is 0.162. The van der Waals surface area contributed by atoms with Gasteiger partial charge in [0.1, 0.15) is 0 Å². The molecule has 1 aliphatic heterocycles. The number of hydrogen-bond acceptors (Lipinski definition) is 6. The summed E-state index contributed by atoms with van der Waals surface area (Å²) in [6, 6.07) is 25.0. The smallest absolute Gasteiger partial charge is 0.371 e. The Balaban J connectivity index is 1.28. The number of aromatic nitrogens is 1. The van der Waals surface area contributed by atoms with Gasteiger partial charge in [0.15, 0.2) is 0 Å². The lowest BCUT2D eigenvalue weighted by atomic mass is 9.84. The van der Waals surface area contributed by atoms with Crippen molar-refractivity contribution in [2.45, 2.75) is 29.9 Å². The average Bonchev–Trinajstić information content (AvgIpc) is 3.52. The van der Waals surface area contributed by atoms with E-state index in [0.717, 1.165) is 34.2 Å². The van der Waals surface area contributed by atoms with Crippen LogP contribution in [-0.2, 0) is 10.0 Å². The summed E-state index contributed by atoms with van der Waals surface area (Å²) >= 11 is 12.4. The van der Waals surface area contributed by atoms with Crippen molar-refractivity contribution in [2.75, 3.05) is 18.4 Å². The summed E-state index contributed by atoms with van der Waals surface area (Å²) in [5.74, 6) is -1.91. The zero-order valence-electron chi connectivity index (χ0n) is 23.2. The molecule has 5 aromatic rings. The van der Waals surface area contributed by atoms with Gasteiger partial charge in [-0.1, -0.05) is 53.5 Å². The van der Waals surface area contributed by atoms with E-state index >= 15 is 0 Å². The molecular weight excluding hydrogens is 625 g/mol. The van der Waals surface area contributed by atoms with Crippen LogP contribution in [0.3, 0.4) is 0 Å². The van der Waals surface area contributed by atoms with Crippen molar-refractivity contribution in [3.63, 3.8) is 0 Å². The minimum absolute atomic E-state index is 0.107. The Morgan fingerprint density at radius 3 is 2.05 bits per heavy atom. The van der Waals surface area contributed by atoms with Crippen LogP contribution in [0, 0.1) is 0 Å². The first-order chi connectivity index (χ1) is 21.1. The first-order valence-corrected chi connectivity index (χ1v) is 16.1. The molecule has 3 N–H and O–H groups in total. The second-order valence-electron chi connectivity index (χ2n) is 10.6. The van der Waals surface area contributed by atoms with E-state index < -0.39 is 26.8 Å². The van der Waals surface area contributed by atoms with E-state index in [9.17, 15) is 18.0 Å². The number of carbonyl (C=O) groups is 1. The van der Waals surface area contributed by atoms with Crippen LogP contribution in [0.5, 0.6) is 0 Å². The van der Waals surface area contributed by atoms with Crippen LogP contribution in [0.15, 0.2) is 99.2 Å².